The van der Waals surface area contributed by atoms with Gasteiger partial charge in [0.15, 0.2) is 8.32 Å². The first kappa shape index (κ1) is 56.0. The molecule has 1 aliphatic rings. The molecule has 0 saturated carbocycles. The fraction of sp³-hybridized carbons (Fsp3) is 0.490. The van der Waals surface area contributed by atoms with Crippen LogP contribution in [-0.2, 0) is 48.8 Å². The number of carbonyl (C=O) groups is 1. The highest BCUT2D eigenvalue weighted by molar-refractivity contribution is 7.92. The molecule has 18 nitrogen and oxygen atoms in total. The summed E-state index contributed by atoms with van der Waals surface area (Å²) < 4.78 is 84.9. The van der Waals surface area contributed by atoms with Crippen LogP contribution in [0.1, 0.15) is 71.1 Å². The Bertz CT molecular complexity index is 2740. The Labute approximate surface area is 426 Å². The topological polar surface area (TPSA) is 219 Å². The van der Waals surface area contributed by atoms with E-state index < -0.39 is 55.9 Å². The monoisotopic (exact) mass is 1050 g/mol. The number of aromatic nitrogens is 4. The van der Waals surface area contributed by atoms with Crippen molar-refractivity contribution in [2.45, 2.75) is 114 Å². The standard InChI is InChI=1S/C51H72N8O10S2Si/c1-50(2,3)58(49(61)62)36-43(69-72(8,9)51(4,5)6)32-52-70(63,64)45-25-24-44(56-28-26-41(27-29-56)37-68-31-30-60)46(48-53-55-59(54-48)35-40-20-22-42(67-7)23-21-40)47(45)71(65,66)57(33-38-16-12-10-13-17-38)34-39-18-14-11-15-19-39/h10-25,41,43,52,60H,26-37H2,1-9H3,(H,61,62)/t43-/m0/s1. The summed E-state index contributed by atoms with van der Waals surface area (Å²) in [7, 11) is -10.8. The van der Waals surface area contributed by atoms with Crippen LogP contribution < -0.4 is 14.4 Å². The minimum absolute atomic E-state index is 0.0428. The number of methoxy groups -OCH3 is 1. The Balaban J connectivity index is 1.57. The third-order valence-electron chi connectivity index (χ3n) is 13.3. The van der Waals surface area contributed by atoms with Gasteiger partial charge in [-0.05, 0) is 104 Å². The largest absolute Gasteiger partial charge is 0.497 e. The molecule has 1 atom stereocenters. The smallest absolute Gasteiger partial charge is 0.407 e. The van der Waals surface area contributed by atoms with Crippen LogP contribution in [0.5, 0.6) is 5.75 Å². The van der Waals surface area contributed by atoms with Crippen LogP contribution in [0.2, 0.25) is 18.1 Å². The number of nitrogens with zero attached hydrogens (tertiary/aromatic N) is 7. The number of ether oxygens (including phenoxy) is 2. The van der Waals surface area contributed by atoms with Gasteiger partial charge in [-0.2, -0.15) is 9.10 Å². The molecule has 0 unspecified atom stereocenters. The van der Waals surface area contributed by atoms with E-state index in [0.717, 1.165) is 5.56 Å². The molecule has 0 spiro atoms. The summed E-state index contributed by atoms with van der Waals surface area (Å²) in [6, 6.07) is 28.4. The molecule has 1 saturated heterocycles. The van der Waals surface area contributed by atoms with Crippen LogP contribution in [-0.4, -0.2) is 136 Å². The van der Waals surface area contributed by atoms with Gasteiger partial charge in [0.05, 0.1) is 45.1 Å². The van der Waals surface area contributed by atoms with Crippen LogP contribution in [0.4, 0.5) is 10.5 Å². The van der Waals surface area contributed by atoms with Crippen molar-refractivity contribution < 1.29 is 45.7 Å². The van der Waals surface area contributed by atoms with Gasteiger partial charge in [0.25, 0.3) is 0 Å². The Morgan fingerprint density at radius 1 is 0.861 bits per heavy atom. The molecule has 0 radical (unpaired) electrons. The zero-order chi connectivity index (χ0) is 52.5. The molecule has 1 amide bonds. The van der Waals surface area contributed by atoms with Crippen molar-refractivity contribution in [3.05, 3.63) is 114 Å². The molecule has 6 rings (SSSR count). The molecule has 392 valence electrons. The normalized spacial score (nSPS) is 14.7. The van der Waals surface area contributed by atoms with E-state index in [2.05, 4.69) is 15.0 Å². The van der Waals surface area contributed by atoms with Crippen molar-refractivity contribution in [3.8, 4) is 17.1 Å². The second kappa shape index (κ2) is 23.7. The Morgan fingerprint density at radius 2 is 1.46 bits per heavy atom. The second-order valence-electron chi connectivity index (χ2n) is 20.7. The van der Waals surface area contributed by atoms with Gasteiger partial charge in [0.2, 0.25) is 25.9 Å². The number of aliphatic hydroxyl groups excluding tert-OH is 1. The number of aliphatic hydroxyl groups is 1. The van der Waals surface area contributed by atoms with E-state index in [0.29, 0.717) is 55.1 Å². The van der Waals surface area contributed by atoms with Crippen LogP contribution in [0.3, 0.4) is 0 Å². The van der Waals surface area contributed by atoms with Crippen molar-refractivity contribution in [2.24, 2.45) is 5.92 Å². The van der Waals surface area contributed by atoms with E-state index >= 15 is 16.8 Å². The van der Waals surface area contributed by atoms with Crippen LogP contribution >= 0.6 is 0 Å². The molecule has 1 aliphatic heterocycles. The van der Waals surface area contributed by atoms with Crippen LogP contribution in [0, 0.1) is 5.92 Å². The Morgan fingerprint density at radius 3 is 1.99 bits per heavy atom. The summed E-state index contributed by atoms with van der Waals surface area (Å²) in [6.45, 7) is 16.2. The van der Waals surface area contributed by atoms with Crippen molar-refractivity contribution in [2.75, 3.05) is 58.0 Å². The molecular formula is C51H72N8O10S2Si. The molecule has 3 N–H and O–H groups in total. The average molecular weight is 1050 g/mol. The van der Waals surface area contributed by atoms with E-state index in [1.54, 1.807) is 46.1 Å². The third-order valence-corrected chi connectivity index (χ3v) is 21.3. The number of benzene rings is 4. The number of amides is 1. The van der Waals surface area contributed by atoms with Gasteiger partial charge >= 0.3 is 6.09 Å². The number of sulfonamides is 2. The number of tetrazole rings is 1. The van der Waals surface area contributed by atoms with Crippen molar-refractivity contribution in [1.29, 1.82) is 0 Å². The maximum absolute atomic E-state index is 16.2. The van der Waals surface area contributed by atoms with Gasteiger partial charge in [-0.3, -0.25) is 0 Å². The summed E-state index contributed by atoms with van der Waals surface area (Å²) in [5.41, 5.74) is 1.62. The highest BCUT2D eigenvalue weighted by Gasteiger charge is 2.43. The first-order valence-corrected chi connectivity index (χ1v) is 30.0. The van der Waals surface area contributed by atoms with Crippen LogP contribution in [0.15, 0.2) is 107 Å². The van der Waals surface area contributed by atoms with Gasteiger partial charge in [-0.15, -0.1) is 10.2 Å². The fourth-order valence-corrected chi connectivity index (χ4v) is 13.1. The lowest BCUT2D eigenvalue weighted by Crippen LogP contribution is -2.55. The third kappa shape index (κ3) is 14.3. The predicted molar refractivity (Wildman–Crippen MR) is 279 cm³/mol. The number of hydrogen-bond acceptors (Lipinski definition) is 13. The predicted octanol–water partition coefficient (Wildman–Crippen LogP) is 7.46. The lowest BCUT2D eigenvalue weighted by molar-refractivity contribution is 0.0615. The number of anilines is 1. The molecule has 0 aliphatic carbocycles. The first-order chi connectivity index (χ1) is 33.9. The lowest BCUT2D eigenvalue weighted by atomic mass is 9.96. The van der Waals surface area contributed by atoms with E-state index in [1.807, 2.05) is 112 Å². The van der Waals surface area contributed by atoms with Gasteiger partial charge in [0, 0.05) is 50.6 Å². The van der Waals surface area contributed by atoms with Gasteiger partial charge in [-0.25, -0.2) is 26.4 Å². The number of hydrogen-bond donors (Lipinski definition) is 3. The molecule has 4 aromatic carbocycles. The molecule has 21 heteroatoms. The molecule has 2 heterocycles. The molecular weight excluding hydrogens is 977 g/mol. The van der Waals surface area contributed by atoms with Crippen LogP contribution in [0.25, 0.3) is 11.4 Å². The SMILES string of the molecule is COc1ccc(Cn2nnc(-c3c(N4CCC(COCCO)CC4)ccc(S(=O)(=O)NC[C@@H](CN(C(=O)O)C(C)(C)C)O[Si](C)(C)C(C)(C)C)c3S(=O)(=O)N(Cc3ccccc3)Cc3ccccc3)n2)cc1. The van der Waals surface area contributed by atoms with Crippen molar-refractivity contribution in [1.82, 2.24) is 34.1 Å². The lowest BCUT2D eigenvalue weighted by Gasteiger charge is -2.42. The zero-order valence-electron chi connectivity index (χ0n) is 43.0. The molecule has 1 fully saturated rings. The van der Waals surface area contributed by atoms with Gasteiger partial charge < -0.3 is 33.9 Å². The zero-order valence-corrected chi connectivity index (χ0v) is 45.6. The molecule has 5 aromatic rings. The highest BCUT2D eigenvalue weighted by atomic mass is 32.2. The maximum Gasteiger partial charge on any atom is 0.407 e. The first-order valence-electron chi connectivity index (χ1n) is 24.2. The van der Waals surface area contributed by atoms with Gasteiger partial charge in [-0.1, -0.05) is 93.6 Å². The van der Waals surface area contributed by atoms with Crippen molar-refractivity contribution in [3.63, 3.8) is 0 Å². The fourth-order valence-electron chi connectivity index (χ4n) is 8.25. The number of carboxylic acid groups (broad SMARTS) is 1. The summed E-state index contributed by atoms with van der Waals surface area (Å²) in [6.07, 6.45) is -0.839. The Hall–Kier alpha value is -5.26. The minimum atomic E-state index is -4.87. The van der Waals surface area contributed by atoms with E-state index in [-0.39, 0.29) is 68.3 Å². The van der Waals surface area contributed by atoms with E-state index in [4.69, 9.17) is 19.0 Å². The number of piperidine rings is 1. The highest BCUT2D eigenvalue weighted by Crippen LogP contribution is 2.43. The van der Waals surface area contributed by atoms with Crippen molar-refractivity contribution >= 4 is 40.1 Å². The Kier molecular flexibility index (Phi) is 18.5. The quantitative estimate of drug-likeness (QED) is 0.0427. The van der Waals surface area contributed by atoms with Gasteiger partial charge in [0.1, 0.15) is 15.5 Å². The second-order valence-corrected chi connectivity index (χ2v) is 29.0. The summed E-state index contributed by atoms with van der Waals surface area (Å²) in [4.78, 5) is 16.2. The molecule has 0 bridgehead atoms. The number of rotatable bonds is 23. The summed E-state index contributed by atoms with van der Waals surface area (Å²) in [5, 5.41) is 33.1. The number of nitrogens with one attached hydrogen (secondary N) is 1. The summed E-state index contributed by atoms with van der Waals surface area (Å²) in [5.74, 6) is 0.710. The molecule has 72 heavy (non-hydrogen) atoms. The average Bonchev–Trinajstić information content (AvgIpc) is 3.80. The maximum atomic E-state index is 16.2. The van der Waals surface area contributed by atoms with E-state index in [1.165, 1.54) is 20.1 Å². The van der Waals surface area contributed by atoms with E-state index in [9.17, 15) is 15.0 Å². The summed E-state index contributed by atoms with van der Waals surface area (Å²) >= 11 is 0. The minimum Gasteiger partial charge on any atom is -0.497 e. The molecule has 1 aromatic heterocycles.